The molecule has 4 aromatic heterocycles. The molecule has 2 aromatic carbocycles. The maximum Gasteiger partial charge on any atom is 0.322 e. The molecule has 0 aliphatic rings. The Morgan fingerprint density at radius 3 is 2.57 bits per heavy atom. The summed E-state index contributed by atoms with van der Waals surface area (Å²) in [6, 6.07) is 14.8. The number of hydrogen-bond donors (Lipinski definition) is 2. The normalized spacial score (nSPS) is 11.1. The van der Waals surface area contributed by atoms with E-state index >= 15 is 0 Å². The van der Waals surface area contributed by atoms with E-state index in [1.165, 1.54) is 11.3 Å². The van der Waals surface area contributed by atoms with Crippen LogP contribution in [0.15, 0.2) is 85.5 Å². The van der Waals surface area contributed by atoms with Gasteiger partial charge in [-0.1, -0.05) is 24.8 Å². The largest absolute Gasteiger partial charge is 0.424 e. The first-order valence-electron chi connectivity index (χ1n) is 13.7. The quantitative estimate of drug-likeness (QED) is 0.172. The van der Waals surface area contributed by atoms with E-state index in [9.17, 15) is 9.18 Å². The number of anilines is 2. The van der Waals surface area contributed by atoms with E-state index < -0.39 is 6.67 Å². The van der Waals surface area contributed by atoms with Gasteiger partial charge in [0.05, 0.1) is 6.20 Å². The third kappa shape index (κ3) is 5.52. The van der Waals surface area contributed by atoms with Crippen LogP contribution in [0, 0.1) is 6.92 Å². The summed E-state index contributed by atoms with van der Waals surface area (Å²) >= 11 is 1.50. The number of halogens is 1. The fraction of sp³-hybridized carbons (Fsp3) is 0.121. The van der Waals surface area contributed by atoms with Crippen molar-refractivity contribution in [1.82, 2.24) is 24.7 Å². The number of hydrogen-bond acceptors (Lipinski definition) is 8. The molecular weight excluding hydrogens is 577 g/mol. The number of aromatic nitrogens is 5. The van der Waals surface area contributed by atoms with Crippen LogP contribution in [0.1, 0.15) is 18.2 Å². The van der Waals surface area contributed by atoms with Gasteiger partial charge < -0.3 is 15.8 Å². The molecule has 0 radical (unpaired) electrons. The minimum absolute atomic E-state index is 0.250. The lowest BCUT2D eigenvalue weighted by Gasteiger charge is -2.13. The predicted octanol–water partition coefficient (Wildman–Crippen LogP) is 7.49. The van der Waals surface area contributed by atoms with Gasteiger partial charge in [-0.15, -0.1) is 11.3 Å². The Labute approximate surface area is 256 Å². The molecular formula is C33H28FN7O2S. The summed E-state index contributed by atoms with van der Waals surface area (Å²) in [5, 5.41) is 7.87. The molecule has 6 rings (SSSR count). The van der Waals surface area contributed by atoms with E-state index in [-0.39, 0.29) is 11.9 Å². The number of nitrogens with two attached hydrogens (primary N) is 1. The number of nitrogens with zero attached hydrogens (tertiary/aromatic N) is 5. The number of pyridine rings is 1. The number of aryl methyl sites for hydroxylation is 2. The molecule has 44 heavy (non-hydrogen) atoms. The van der Waals surface area contributed by atoms with Gasteiger partial charge in [0.25, 0.3) is 5.91 Å². The van der Waals surface area contributed by atoms with Crippen LogP contribution in [-0.2, 0) is 18.5 Å². The van der Waals surface area contributed by atoms with Crippen molar-refractivity contribution in [2.75, 3.05) is 11.1 Å². The van der Waals surface area contributed by atoms with Gasteiger partial charge in [-0.25, -0.2) is 19.3 Å². The zero-order valence-corrected chi connectivity index (χ0v) is 25.1. The summed E-state index contributed by atoms with van der Waals surface area (Å²) in [7, 11) is 1.85. The van der Waals surface area contributed by atoms with Crippen LogP contribution in [-0.4, -0.2) is 30.6 Å². The molecule has 1 amide bonds. The maximum atomic E-state index is 14.6. The van der Waals surface area contributed by atoms with Gasteiger partial charge in [-0.05, 0) is 60.9 Å². The molecule has 0 atom stereocenters. The summed E-state index contributed by atoms with van der Waals surface area (Å²) in [5.74, 6) is 0.582. The minimum atomic E-state index is -0.744. The molecule has 0 saturated carbocycles. The average Bonchev–Trinajstić information content (AvgIpc) is 3.62. The summed E-state index contributed by atoms with van der Waals surface area (Å²) in [6.07, 6.45) is 7.07. The van der Waals surface area contributed by atoms with Gasteiger partial charge in [-0.2, -0.15) is 5.10 Å². The number of ether oxygens (including phenoxy) is 1. The average molecular weight is 606 g/mol. The fourth-order valence-corrected chi connectivity index (χ4v) is 6.29. The van der Waals surface area contributed by atoms with Gasteiger partial charge in [0.2, 0.25) is 0 Å². The number of nitrogens with one attached hydrogen (secondary N) is 1. The van der Waals surface area contributed by atoms with E-state index in [1.54, 1.807) is 48.4 Å². The van der Waals surface area contributed by atoms with Crippen LogP contribution in [0.2, 0.25) is 0 Å². The standard InChI is InChI=1S/C33H28FN7O2S/c1-18(2)32(42)40-23-7-10-25(21(13-23)14-34)29-27(20-5-8-24(9-6-20)43-33-36-12-11-19(3)39-33)28-30(44-29)26(16-37-31(28)35)22-15-38-41(4)17-22/h5-13,15-17H,1,14H2,2-4H3,(H2,35,37)(H,40,42). The maximum absolute atomic E-state index is 14.6. The summed E-state index contributed by atoms with van der Waals surface area (Å²) in [6.45, 7) is 6.42. The Morgan fingerprint density at radius 1 is 1.09 bits per heavy atom. The number of rotatable bonds is 8. The van der Waals surface area contributed by atoms with Crippen molar-refractivity contribution in [3.8, 4) is 44.5 Å². The van der Waals surface area contributed by atoms with E-state index in [0.29, 0.717) is 34.0 Å². The van der Waals surface area contributed by atoms with Gasteiger partial charge in [0.15, 0.2) is 0 Å². The van der Waals surface area contributed by atoms with Crippen LogP contribution < -0.4 is 15.8 Å². The third-order valence-electron chi connectivity index (χ3n) is 7.02. The van der Waals surface area contributed by atoms with Crippen LogP contribution in [0.4, 0.5) is 15.9 Å². The van der Waals surface area contributed by atoms with Crippen molar-refractivity contribution in [3.63, 3.8) is 0 Å². The second-order valence-electron chi connectivity index (χ2n) is 10.3. The summed E-state index contributed by atoms with van der Waals surface area (Å²) in [5.41, 5.74) is 12.7. The monoisotopic (exact) mass is 605 g/mol. The van der Waals surface area contributed by atoms with Crippen LogP contribution in [0.3, 0.4) is 0 Å². The van der Waals surface area contributed by atoms with Crippen molar-refractivity contribution in [2.45, 2.75) is 20.5 Å². The smallest absolute Gasteiger partial charge is 0.322 e. The first kappa shape index (κ1) is 28.7. The lowest BCUT2D eigenvalue weighted by atomic mass is 9.95. The Balaban J connectivity index is 1.53. The highest BCUT2D eigenvalue weighted by atomic mass is 32.1. The Bertz CT molecular complexity index is 2050. The molecule has 220 valence electrons. The Morgan fingerprint density at radius 2 is 1.89 bits per heavy atom. The molecule has 11 heteroatoms. The number of benzene rings is 2. The van der Waals surface area contributed by atoms with Crippen molar-refractivity contribution in [3.05, 3.63) is 96.7 Å². The number of thiophene rings is 1. The predicted molar refractivity (Wildman–Crippen MR) is 172 cm³/mol. The fourth-order valence-electron chi connectivity index (χ4n) is 4.86. The molecule has 9 nitrogen and oxygen atoms in total. The minimum Gasteiger partial charge on any atom is -0.424 e. The SMILES string of the molecule is C=C(C)C(=O)Nc1ccc(-c2sc3c(-c4cnn(C)c4)cnc(N)c3c2-c2ccc(Oc3nccc(C)n3)cc2)c(CF)c1. The van der Waals surface area contributed by atoms with Crippen LogP contribution >= 0.6 is 11.3 Å². The second-order valence-corrected chi connectivity index (χ2v) is 11.3. The number of carbonyl (C=O) groups is 1. The molecule has 0 unspecified atom stereocenters. The highest BCUT2D eigenvalue weighted by Crippen LogP contribution is 2.50. The zero-order valence-electron chi connectivity index (χ0n) is 24.3. The van der Waals surface area contributed by atoms with Gasteiger partial charge in [0, 0.05) is 74.2 Å². The van der Waals surface area contributed by atoms with Gasteiger partial charge in [0.1, 0.15) is 18.2 Å². The van der Waals surface area contributed by atoms with Crippen LogP contribution in [0.5, 0.6) is 11.8 Å². The number of fused-ring (bicyclic) bond motifs is 1. The first-order valence-corrected chi connectivity index (χ1v) is 14.5. The molecule has 0 bridgehead atoms. The van der Waals surface area contributed by atoms with Crippen molar-refractivity contribution in [2.24, 2.45) is 7.05 Å². The van der Waals surface area contributed by atoms with Crippen molar-refractivity contribution in [1.29, 1.82) is 0 Å². The number of amides is 1. The van der Waals surface area contributed by atoms with Gasteiger partial charge in [-0.3, -0.25) is 9.48 Å². The lowest BCUT2D eigenvalue weighted by molar-refractivity contribution is -0.112. The molecule has 0 fully saturated rings. The topological polar surface area (TPSA) is 121 Å². The van der Waals surface area contributed by atoms with E-state index in [0.717, 1.165) is 42.9 Å². The van der Waals surface area contributed by atoms with Crippen molar-refractivity contribution < 1.29 is 13.9 Å². The first-order chi connectivity index (χ1) is 21.2. The zero-order chi connectivity index (χ0) is 31.0. The van der Waals surface area contributed by atoms with Gasteiger partial charge >= 0.3 is 6.01 Å². The highest BCUT2D eigenvalue weighted by molar-refractivity contribution is 7.23. The van der Waals surface area contributed by atoms with Crippen LogP contribution in [0.25, 0.3) is 42.8 Å². The molecule has 0 aliphatic heterocycles. The Hall–Kier alpha value is -5.42. The highest BCUT2D eigenvalue weighted by Gasteiger charge is 2.24. The lowest BCUT2D eigenvalue weighted by Crippen LogP contribution is -2.12. The molecule has 4 heterocycles. The molecule has 0 aliphatic carbocycles. The number of alkyl halides is 1. The van der Waals surface area contributed by atoms with E-state index in [2.05, 4.69) is 31.9 Å². The number of nitrogen functional groups attached to an aromatic ring is 1. The molecule has 3 N–H and O–H groups in total. The molecule has 6 aromatic rings. The van der Waals surface area contributed by atoms with E-state index in [4.69, 9.17) is 10.5 Å². The second kappa shape index (κ2) is 11.7. The third-order valence-corrected chi connectivity index (χ3v) is 8.28. The molecule has 0 spiro atoms. The Kier molecular flexibility index (Phi) is 7.62. The summed E-state index contributed by atoms with van der Waals surface area (Å²) in [4.78, 5) is 26.1. The summed E-state index contributed by atoms with van der Waals surface area (Å²) < 4.78 is 23.2. The van der Waals surface area contributed by atoms with E-state index in [1.807, 2.05) is 50.5 Å². The molecule has 0 saturated heterocycles. The van der Waals surface area contributed by atoms with Crippen molar-refractivity contribution >= 4 is 38.8 Å². The number of carbonyl (C=O) groups excluding carboxylic acids is 1.